The molecule has 0 aromatic heterocycles. The molecule has 1 amide bonds. The molecule has 0 saturated carbocycles. The van der Waals surface area contributed by atoms with Crippen LogP contribution in [0.25, 0.3) is 0 Å². The molecular formula is C31H35NO8S2. The molecule has 0 aliphatic heterocycles. The maximum Gasteiger partial charge on any atom is 0.303 e. The van der Waals surface area contributed by atoms with Crippen LogP contribution in [-0.4, -0.2) is 56.6 Å². The number of aryl methyl sites for hydroxylation is 1. The number of carboxylic acids is 1. The number of amides is 1. The second kappa shape index (κ2) is 13.9. The fourth-order valence-corrected chi connectivity index (χ4v) is 8.98. The zero-order chi connectivity index (χ0) is 31.0. The minimum absolute atomic E-state index is 0.0474. The normalized spacial score (nSPS) is 13.2. The number of sulfone groups is 2. The summed E-state index contributed by atoms with van der Waals surface area (Å²) in [5.74, 6) is -3.55. The Balaban J connectivity index is 1.87. The van der Waals surface area contributed by atoms with Crippen LogP contribution < -0.4 is 5.32 Å². The second-order valence-corrected chi connectivity index (χ2v) is 14.9. The van der Waals surface area contributed by atoms with Crippen molar-refractivity contribution in [2.75, 3.05) is 12.3 Å². The molecule has 0 aliphatic carbocycles. The molecular weight excluding hydrogens is 578 g/mol. The third kappa shape index (κ3) is 8.36. The van der Waals surface area contributed by atoms with Gasteiger partial charge in [-0.25, -0.2) is 16.8 Å². The first-order chi connectivity index (χ1) is 19.7. The van der Waals surface area contributed by atoms with Gasteiger partial charge in [0.05, 0.1) is 16.4 Å². The highest BCUT2D eigenvalue weighted by Crippen LogP contribution is 2.32. The SMILES string of the molecule is Cc1cccc(S(=O)(=O)C(C)(CS(=O)(=O)Cc2ccccc2)C(=O)c2ccc(C(=O)NCCCCCC(=O)O)cc2)c1. The van der Waals surface area contributed by atoms with E-state index in [0.717, 1.165) is 6.92 Å². The summed E-state index contributed by atoms with van der Waals surface area (Å²) in [4.78, 5) is 36.9. The quantitative estimate of drug-likeness (QED) is 0.189. The molecule has 3 aromatic rings. The standard InChI is InChI=1S/C31H35NO8S2/c1-23-10-9-13-27(20-23)42(39,40)31(2,22-41(37,38)21-24-11-5-3-6-12-24)29(35)25-15-17-26(18-16-25)30(36)32-19-8-4-7-14-28(33)34/h3,5-6,9-13,15-18,20H,4,7-8,14,19,21-22H2,1-2H3,(H,32,36)(H,33,34). The Morgan fingerprint density at radius 2 is 1.45 bits per heavy atom. The Morgan fingerprint density at radius 1 is 0.810 bits per heavy atom. The first kappa shape index (κ1) is 32.7. The van der Waals surface area contributed by atoms with E-state index in [-0.39, 0.29) is 22.4 Å². The van der Waals surface area contributed by atoms with Crippen LogP contribution in [0.15, 0.2) is 83.8 Å². The van der Waals surface area contributed by atoms with Crippen molar-refractivity contribution < 1.29 is 36.3 Å². The molecule has 9 nitrogen and oxygen atoms in total. The van der Waals surface area contributed by atoms with Crippen LogP contribution in [0.5, 0.6) is 0 Å². The molecule has 3 rings (SSSR count). The monoisotopic (exact) mass is 613 g/mol. The number of ketones is 1. The van der Waals surface area contributed by atoms with Gasteiger partial charge in [0.2, 0.25) is 0 Å². The Morgan fingerprint density at radius 3 is 2.07 bits per heavy atom. The number of carboxylic acid groups (broad SMARTS) is 1. The van der Waals surface area contributed by atoms with Crippen LogP contribution in [0, 0.1) is 6.92 Å². The van der Waals surface area contributed by atoms with Gasteiger partial charge in [-0.05, 0) is 62.1 Å². The van der Waals surface area contributed by atoms with E-state index < -0.39 is 53.6 Å². The average Bonchev–Trinajstić information content (AvgIpc) is 2.94. The highest BCUT2D eigenvalue weighted by molar-refractivity contribution is 7.96. The number of rotatable bonds is 15. The number of hydrogen-bond acceptors (Lipinski definition) is 7. The van der Waals surface area contributed by atoms with Gasteiger partial charge in [-0.1, -0.05) is 61.0 Å². The summed E-state index contributed by atoms with van der Waals surface area (Å²) >= 11 is 0. The first-order valence-corrected chi connectivity index (χ1v) is 16.8. The van der Waals surface area contributed by atoms with Crippen LogP contribution >= 0.6 is 0 Å². The maximum absolute atomic E-state index is 14.0. The van der Waals surface area contributed by atoms with E-state index in [2.05, 4.69) is 5.32 Å². The number of carbonyl (C=O) groups is 3. The molecule has 0 aliphatic rings. The number of hydrogen-bond donors (Lipinski definition) is 2. The predicted octanol–water partition coefficient (Wildman–Crippen LogP) is 4.40. The zero-order valence-corrected chi connectivity index (χ0v) is 25.2. The summed E-state index contributed by atoms with van der Waals surface area (Å²) in [5.41, 5.74) is 1.29. The van der Waals surface area contributed by atoms with E-state index in [9.17, 15) is 31.2 Å². The molecule has 1 atom stereocenters. The van der Waals surface area contributed by atoms with E-state index in [1.165, 1.54) is 42.5 Å². The van der Waals surface area contributed by atoms with E-state index in [4.69, 9.17) is 5.11 Å². The van der Waals surface area contributed by atoms with Gasteiger partial charge in [0, 0.05) is 24.1 Å². The summed E-state index contributed by atoms with van der Waals surface area (Å²) in [6.45, 7) is 3.18. The topological polar surface area (TPSA) is 152 Å². The van der Waals surface area contributed by atoms with Crippen molar-refractivity contribution in [2.24, 2.45) is 0 Å². The van der Waals surface area contributed by atoms with Gasteiger partial charge in [-0.3, -0.25) is 14.4 Å². The molecule has 0 fully saturated rings. The summed E-state index contributed by atoms with van der Waals surface area (Å²) < 4.78 is 52.3. The van der Waals surface area contributed by atoms with Crippen LogP contribution in [-0.2, 0) is 30.2 Å². The van der Waals surface area contributed by atoms with Crippen molar-refractivity contribution in [1.82, 2.24) is 5.32 Å². The summed E-state index contributed by atoms with van der Waals surface area (Å²) in [7, 11) is -8.58. The molecule has 0 bridgehead atoms. The third-order valence-electron chi connectivity index (χ3n) is 6.86. The molecule has 0 spiro atoms. The Kier molecular flexibility index (Phi) is 10.8. The summed E-state index contributed by atoms with van der Waals surface area (Å²) in [5, 5.41) is 11.4. The van der Waals surface area contributed by atoms with Crippen molar-refractivity contribution in [3.05, 3.63) is 101 Å². The Bertz CT molecular complexity index is 1630. The lowest BCUT2D eigenvalue weighted by Gasteiger charge is -2.28. The van der Waals surface area contributed by atoms with Gasteiger partial charge in [0.1, 0.15) is 0 Å². The summed E-state index contributed by atoms with van der Waals surface area (Å²) in [6, 6.07) is 19.7. The molecule has 2 N–H and O–H groups in total. The minimum Gasteiger partial charge on any atom is -0.481 e. The molecule has 224 valence electrons. The fourth-order valence-electron chi connectivity index (χ4n) is 4.57. The van der Waals surface area contributed by atoms with Gasteiger partial charge in [0.15, 0.2) is 30.2 Å². The first-order valence-electron chi connectivity index (χ1n) is 13.5. The van der Waals surface area contributed by atoms with Gasteiger partial charge in [0.25, 0.3) is 5.91 Å². The highest BCUT2D eigenvalue weighted by Gasteiger charge is 2.50. The number of benzene rings is 3. The lowest BCUT2D eigenvalue weighted by Crippen LogP contribution is -2.49. The maximum atomic E-state index is 14.0. The van der Waals surface area contributed by atoms with Crippen LogP contribution in [0.4, 0.5) is 0 Å². The third-order valence-corrected chi connectivity index (χ3v) is 11.2. The van der Waals surface area contributed by atoms with Gasteiger partial charge in [-0.2, -0.15) is 0 Å². The molecule has 3 aromatic carbocycles. The van der Waals surface area contributed by atoms with Crippen molar-refractivity contribution >= 4 is 37.3 Å². The largest absolute Gasteiger partial charge is 0.481 e. The van der Waals surface area contributed by atoms with Gasteiger partial charge < -0.3 is 10.4 Å². The molecule has 0 radical (unpaired) electrons. The molecule has 0 saturated heterocycles. The van der Waals surface area contributed by atoms with Crippen LogP contribution in [0.1, 0.15) is 64.4 Å². The second-order valence-electron chi connectivity index (χ2n) is 10.4. The van der Waals surface area contributed by atoms with Crippen molar-refractivity contribution in [2.45, 2.75) is 54.9 Å². The molecule has 11 heteroatoms. The molecule has 1 unspecified atom stereocenters. The molecule has 42 heavy (non-hydrogen) atoms. The number of aliphatic carboxylic acids is 1. The number of nitrogens with one attached hydrogen (secondary N) is 1. The Hall–Kier alpha value is -3.83. The zero-order valence-electron chi connectivity index (χ0n) is 23.6. The molecule has 0 heterocycles. The lowest BCUT2D eigenvalue weighted by molar-refractivity contribution is -0.137. The van der Waals surface area contributed by atoms with Crippen molar-refractivity contribution in [3.8, 4) is 0 Å². The van der Waals surface area contributed by atoms with Gasteiger partial charge >= 0.3 is 5.97 Å². The van der Waals surface area contributed by atoms with E-state index in [1.54, 1.807) is 43.3 Å². The predicted molar refractivity (Wildman–Crippen MR) is 160 cm³/mol. The Labute approximate surface area is 246 Å². The number of unbranched alkanes of at least 4 members (excludes halogenated alkanes) is 2. The van der Waals surface area contributed by atoms with Crippen LogP contribution in [0.2, 0.25) is 0 Å². The minimum atomic E-state index is -4.49. The summed E-state index contributed by atoms with van der Waals surface area (Å²) in [6.07, 6.45) is 1.81. The van der Waals surface area contributed by atoms with E-state index in [1.807, 2.05) is 0 Å². The fraction of sp³-hybridized carbons (Fsp3) is 0.323. The van der Waals surface area contributed by atoms with Gasteiger partial charge in [-0.15, -0.1) is 0 Å². The number of carbonyl (C=O) groups excluding carboxylic acids is 2. The van der Waals surface area contributed by atoms with E-state index in [0.29, 0.717) is 36.9 Å². The average molecular weight is 614 g/mol. The van der Waals surface area contributed by atoms with Crippen molar-refractivity contribution in [1.29, 1.82) is 0 Å². The van der Waals surface area contributed by atoms with E-state index >= 15 is 0 Å². The smallest absolute Gasteiger partial charge is 0.303 e. The lowest BCUT2D eigenvalue weighted by atomic mass is 9.99. The highest BCUT2D eigenvalue weighted by atomic mass is 32.2. The van der Waals surface area contributed by atoms with Crippen LogP contribution in [0.3, 0.4) is 0 Å². The van der Waals surface area contributed by atoms with Crippen molar-refractivity contribution in [3.63, 3.8) is 0 Å². The number of Topliss-reactive ketones (excluding diaryl/α,β-unsaturated/α-hetero) is 1.